The van der Waals surface area contributed by atoms with Crippen molar-refractivity contribution in [2.75, 3.05) is 7.11 Å². The summed E-state index contributed by atoms with van der Waals surface area (Å²) in [4.78, 5) is 15.2. The number of halogens is 1. The normalized spacial score (nSPS) is 10.3. The second-order valence-corrected chi connectivity index (χ2v) is 4.24. The Morgan fingerprint density at radius 1 is 1.41 bits per heavy atom. The number of pyridine rings is 1. The predicted molar refractivity (Wildman–Crippen MR) is 67.3 cm³/mol. The van der Waals surface area contributed by atoms with Crippen molar-refractivity contribution in [1.82, 2.24) is 4.98 Å². The van der Waals surface area contributed by atoms with E-state index in [0.29, 0.717) is 11.6 Å². The number of ether oxygens (including phenoxy) is 2. The van der Waals surface area contributed by atoms with Crippen molar-refractivity contribution in [2.24, 2.45) is 0 Å². The van der Waals surface area contributed by atoms with Crippen LogP contribution in [0.2, 0.25) is 0 Å². The second kappa shape index (κ2) is 4.71. The van der Waals surface area contributed by atoms with Crippen LogP contribution in [0, 0.1) is 0 Å². The SMILES string of the molecule is COc1ncc(Br)c2c(OC(C)=O)cccc12. The van der Waals surface area contributed by atoms with Gasteiger partial charge in [-0.15, -0.1) is 0 Å². The molecule has 4 nitrogen and oxygen atoms in total. The van der Waals surface area contributed by atoms with Gasteiger partial charge in [0.25, 0.3) is 0 Å². The van der Waals surface area contributed by atoms with E-state index in [9.17, 15) is 4.79 Å². The molecule has 88 valence electrons. The molecule has 0 saturated heterocycles. The number of fused-ring (bicyclic) bond motifs is 1. The van der Waals surface area contributed by atoms with Gasteiger partial charge >= 0.3 is 5.97 Å². The van der Waals surface area contributed by atoms with E-state index in [2.05, 4.69) is 20.9 Å². The molecule has 1 aromatic heterocycles. The molecule has 0 aliphatic heterocycles. The molecule has 0 N–H and O–H groups in total. The molecule has 0 radical (unpaired) electrons. The van der Waals surface area contributed by atoms with Crippen molar-refractivity contribution < 1.29 is 14.3 Å². The molecule has 2 aromatic rings. The van der Waals surface area contributed by atoms with Crippen LogP contribution in [-0.2, 0) is 4.79 Å². The summed E-state index contributed by atoms with van der Waals surface area (Å²) in [5.74, 6) is 0.625. The number of carbonyl (C=O) groups is 1. The van der Waals surface area contributed by atoms with Gasteiger partial charge in [-0.2, -0.15) is 0 Å². The minimum absolute atomic E-state index is 0.361. The van der Waals surface area contributed by atoms with Gasteiger partial charge in [0.15, 0.2) is 0 Å². The van der Waals surface area contributed by atoms with Gasteiger partial charge in [-0.05, 0) is 28.1 Å². The molecule has 5 heteroatoms. The van der Waals surface area contributed by atoms with Crippen LogP contribution >= 0.6 is 15.9 Å². The average molecular weight is 296 g/mol. The number of nitrogens with zero attached hydrogens (tertiary/aromatic N) is 1. The highest BCUT2D eigenvalue weighted by Crippen LogP contribution is 2.36. The molecule has 0 aliphatic carbocycles. The third-order valence-electron chi connectivity index (χ3n) is 2.24. The monoisotopic (exact) mass is 295 g/mol. The summed E-state index contributed by atoms with van der Waals surface area (Å²) in [6, 6.07) is 5.38. The summed E-state index contributed by atoms with van der Waals surface area (Å²) in [6.45, 7) is 1.37. The maximum atomic E-state index is 11.0. The standard InChI is InChI=1S/C12H10BrNO3/c1-7(15)17-10-5-3-4-8-11(10)9(13)6-14-12(8)16-2/h3-6H,1-2H3. The predicted octanol–water partition coefficient (Wildman–Crippen LogP) is 2.93. The zero-order valence-electron chi connectivity index (χ0n) is 9.36. The zero-order chi connectivity index (χ0) is 12.4. The van der Waals surface area contributed by atoms with Crippen molar-refractivity contribution in [3.8, 4) is 11.6 Å². The van der Waals surface area contributed by atoms with E-state index in [-0.39, 0.29) is 5.97 Å². The number of aromatic nitrogens is 1. The van der Waals surface area contributed by atoms with Gasteiger partial charge in [0, 0.05) is 28.4 Å². The van der Waals surface area contributed by atoms with E-state index in [4.69, 9.17) is 9.47 Å². The van der Waals surface area contributed by atoms with Crippen LogP contribution < -0.4 is 9.47 Å². The molecule has 17 heavy (non-hydrogen) atoms. The van der Waals surface area contributed by atoms with Gasteiger partial charge < -0.3 is 9.47 Å². The van der Waals surface area contributed by atoms with E-state index in [1.807, 2.05) is 6.07 Å². The molecular formula is C12H10BrNO3. The fourth-order valence-corrected chi connectivity index (χ4v) is 2.12. The fourth-order valence-electron chi connectivity index (χ4n) is 1.61. The van der Waals surface area contributed by atoms with Gasteiger partial charge in [-0.3, -0.25) is 4.79 Å². The van der Waals surface area contributed by atoms with Crippen molar-refractivity contribution in [1.29, 1.82) is 0 Å². The van der Waals surface area contributed by atoms with Gasteiger partial charge in [0.05, 0.1) is 7.11 Å². The van der Waals surface area contributed by atoms with E-state index in [1.165, 1.54) is 6.92 Å². The Morgan fingerprint density at radius 2 is 2.18 bits per heavy atom. The number of rotatable bonds is 2. The highest BCUT2D eigenvalue weighted by atomic mass is 79.9. The van der Waals surface area contributed by atoms with Crippen molar-refractivity contribution >= 4 is 32.7 Å². The number of hydrogen-bond donors (Lipinski definition) is 0. The summed E-state index contributed by atoms with van der Waals surface area (Å²) in [5, 5.41) is 1.56. The number of esters is 1. The summed E-state index contributed by atoms with van der Waals surface area (Å²) >= 11 is 3.39. The van der Waals surface area contributed by atoms with E-state index in [1.54, 1.807) is 25.4 Å². The lowest BCUT2D eigenvalue weighted by molar-refractivity contribution is -0.131. The Morgan fingerprint density at radius 3 is 2.82 bits per heavy atom. The number of carbonyl (C=O) groups excluding carboxylic acids is 1. The van der Waals surface area contributed by atoms with Crippen LogP contribution in [0.5, 0.6) is 11.6 Å². The quantitative estimate of drug-likeness (QED) is 0.631. The smallest absolute Gasteiger partial charge is 0.308 e. The molecule has 2 rings (SSSR count). The number of hydrogen-bond acceptors (Lipinski definition) is 4. The first-order chi connectivity index (χ1) is 8.13. The first-order valence-electron chi connectivity index (χ1n) is 4.93. The third-order valence-corrected chi connectivity index (χ3v) is 2.84. The molecule has 0 spiro atoms. The lowest BCUT2D eigenvalue weighted by atomic mass is 10.1. The summed E-state index contributed by atoms with van der Waals surface area (Å²) in [6.07, 6.45) is 1.62. The second-order valence-electron chi connectivity index (χ2n) is 3.39. The van der Waals surface area contributed by atoms with Crippen LogP contribution in [0.3, 0.4) is 0 Å². The molecule has 0 amide bonds. The van der Waals surface area contributed by atoms with Gasteiger partial charge in [-0.1, -0.05) is 6.07 Å². The lowest BCUT2D eigenvalue weighted by Gasteiger charge is -2.09. The van der Waals surface area contributed by atoms with Crippen molar-refractivity contribution in [2.45, 2.75) is 6.92 Å². The van der Waals surface area contributed by atoms with Gasteiger partial charge in [0.2, 0.25) is 5.88 Å². The first kappa shape index (κ1) is 11.9. The van der Waals surface area contributed by atoms with Crippen LogP contribution in [0.1, 0.15) is 6.92 Å². The molecule has 0 saturated carbocycles. The topological polar surface area (TPSA) is 48.4 Å². The molecule has 0 atom stereocenters. The molecule has 0 bridgehead atoms. The number of benzene rings is 1. The van der Waals surface area contributed by atoms with Crippen LogP contribution in [0.4, 0.5) is 0 Å². The van der Waals surface area contributed by atoms with Crippen LogP contribution in [-0.4, -0.2) is 18.1 Å². The fraction of sp³-hybridized carbons (Fsp3) is 0.167. The van der Waals surface area contributed by atoms with Crippen molar-refractivity contribution in [3.63, 3.8) is 0 Å². The Kier molecular flexibility index (Phi) is 3.28. The van der Waals surface area contributed by atoms with E-state index in [0.717, 1.165) is 15.2 Å². The van der Waals surface area contributed by atoms with Crippen molar-refractivity contribution in [3.05, 3.63) is 28.9 Å². The largest absolute Gasteiger partial charge is 0.481 e. The Balaban J connectivity index is 2.74. The highest BCUT2D eigenvalue weighted by Gasteiger charge is 2.12. The van der Waals surface area contributed by atoms with Crippen LogP contribution in [0.25, 0.3) is 10.8 Å². The minimum atomic E-state index is -0.361. The molecule has 0 fully saturated rings. The van der Waals surface area contributed by atoms with E-state index < -0.39 is 0 Å². The van der Waals surface area contributed by atoms with Gasteiger partial charge in [-0.25, -0.2) is 4.98 Å². The van der Waals surface area contributed by atoms with Gasteiger partial charge in [0.1, 0.15) is 5.75 Å². The summed E-state index contributed by atoms with van der Waals surface area (Å²) in [5.41, 5.74) is 0. The minimum Gasteiger partial charge on any atom is -0.481 e. The summed E-state index contributed by atoms with van der Waals surface area (Å²) in [7, 11) is 1.55. The lowest BCUT2D eigenvalue weighted by Crippen LogP contribution is -2.02. The Hall–Kier alpha value is -1.62. The summed E-state index contributed by atoms with van der Waals surface area (Å²) < 4.78 is 11.1. The maximum absolute atomic E-state index is 11.0. The van der Waals surface area contributed by atoms with Crippen LogP contribution in [0.15, 0.2) is 28.9 Å². The highest BCUT2D eigenvalue weighted by molar-refractivity contribution is 9.10. The molecule has 0 aliphatic rings. The Labute approximate surface area is 107 Å². The average Bonchev–Trinajstić information content (AvgIpc) is 2.29. The molecule has 0 unspecified atom stereocenters. The maximum Gasteiger partial charge on any atom is 0.308 e. The molecular weight excluding hydrogens is 286 g/mol. The molecule has 1 aromatic carbocycles. The number of methoxy groups -OCH3 is 1. The van der Waals surface area contributed by atoms with E-state index >= 15 is 0 Å². The first-order valence-corrected chi connectivity index (χ1v) is 5.72. The third kappa shape index (κ3) is 2.24. The Bertz CT molecular complexity index is 583. The molecule has 1 heterocycles. The zero-order valence-corrected chi connectivity index (χ0v) is 10.9.